The van der Waals surface area contributed by atoms with Gasteiger partial charge in [-0.25, -0.2) is 4.98 Å². The third kappa shape index (κ3) is 9.68. The first-order valence-electron chi connectivity index (χ1n) is 19.0. The summed E-state index contributed by atoms with van der Waals surface area (Å²) in [6.07, 6.45) is 7.34. The van der Waals surface area contributed by atoms with Crippen molar-refractivity contribution in [2.45, 2.75) is 69.6 Å². The molecule has 3 aromatic rings. The van der Waals surface area contributed by atoms with Crippen LogP contribution in [0.15, 0.2) is 48.7 Å². The summed E-state index contributed by atoms with van der Waals surface area (Å²) < 4.78 is 6.07. The van der Waals surface area contributed by atoms with Crippen molar-refractivity contribution in [3.8, 4) is 11.8 Å². The number of rotatable bonds is 10. The number of pyridine rings is 1. The smallest absolute Gasteiger partial charge is 0.272 e. The SMILES string of the molecule is N#Cc1ccc(OC2CCC(NC(=O)c3ccc(N4CCC(CN5CCN(c6ccc(C(=O)NC7CCC(=O)NC7=O)cn6)CC5)CC4)nn3)CC2)cc1Cl. The second-order valence-corrected chi connectivity index (χ2v) is 15.1. The molecule has 1 atom stereocenters. The van der Waals surface area contributed by atoms with E-state index in [4.69, 9.17) is 21.6 Å². The summed E-state index contributed by atoms with van der Waals surface area (Å²) in [5.74, 6) is 1.43. The molecule has 15 nitrogen and oxygen atoms in total. The summed E-state index contributed by atoms with van der Waals surface area (Å²) in [5, 5.41) is 26.2. The molecule has 1 saturated carbocycles. The number of piperazine rings is 1. The highest BCUT2D eigenvalue weighted by Crippen LogP contribution is 2.28. The molecule has 55 heavy (non-hydrogen) atoms. The van der Waals surface area contributed by atoms with E-state index in [0.29, 0.717) is 33.5 Å². The summed E-state index contributed by atoms with van der Waals surface area (Å²) in [6, 6.07) is 13.7. The van der Waals surface area contributed by atoms with Crippen LogP contribution in [0.3, 0.4) is 0 Å². The minimum atomic E-state index is -0.722. The molecular weight excluding hydrogens is 724 g/mol. The Morgan fingerprint density at radius 3 is 2.25 bits per heavy atom. The van der Waals surface area contributed by atoms with E-state index >= 15 is 0 Å². The van der Waals surface area contributed by atoms with E-state index < -0.39 is 11.9 Å². The zero-order valence-electron chi connectivity index (χ0n) is 30.6. The van der Waals surface area contributed by atoms with Crippen molar-refractivity contribution >= 4 is 46.9 Å². The molecule has 2 aromatic heterocycles. The van der Waals surface area contributed by atoms with Gasteiger partial charge in [-0.3, -0.25) is 29.4 Å². The molecule has 1 aromatic carbocycles. The molecule has 3 N–H and O–H groups in total. The van der Waals surface area contributed by atoms with Crippen molar-refractivity contribution in [2.24, 2.45) is 5.92 Å². The van der Waals surface area contributed by atoms with Crippen LogP contribution in [0.25, 0.3) is 0 Å². The van der Waals surface area contributed by atoms with Crippen molar-refractivity contribution in [3.63, 3.8) is 0 Å². The molecule has 16 heteroatoms. The van der Waals surface area contributed by atoms with Gasteiger partial charge in [0, 0.05) is 70.5 Å². The number of carbonyl (C=O) groups is 4. The normalized spacial score (nSPS) is 22.4. The second-order valence-electron chi connectivity index (χ2n) is 14.7. The molecule has 0 bridgehead atoms. The van der Waals surface area contributed by atoms with Crippen LogP contribution in [-0.2, 0) is 9.59 Å². The monoisotopic (exact) mass is 768 g/mol. The van der Waals surface area contributed by atoms with Gasteiger partial charge in [0.15, 0.2) is 11.5 Å². The first-order chi connectivity index (χ1) is 26.7. The van der Waals surface area contributed by atoms with Crippen LogP contribution >= 0.6 is 11.6 Å². The molecule has 3 aliphatic heterocycles. The number of ether oxygens (including phenoxy) is 1. The molecular formula is C39H45ClN10O5. The number of nitrogens with one attached hydrogen (secondary N) is 3. The quantitative estimate of drug-likeness (QED) is 0.257. The Kier molecular flexibility index (Phi) is 12.0. The van der Waals surface area contributed by atoms with Gasteiger partial charge in [0.25, 0.3) is 11.8 Å². The Bertz CT molecular complexity index is 1900. The van der Waals surface area contributed by atoms with Crippen LogP contribution in [0.5, 0.6) is 5.75 Å². The Labute approximate surface area is 324 Å². The summed E-state index contributed by atoms with van der Waals surface area (Å²) in [4.78, 5) is 60.5. The first-order valence-corrected chi connectivity index (χ1v) is 19.4. The molecule has 0 radical (unpaired) electrons. The van der Waals surface area contributed by atoms with Crippen LogP contribution < -0.4 is 30.5 Å². The number of piperidine rings is 2. The van der Waals surface area contributed by atoms with Crippen LogP contribution in [0.1, 0.15) is 77.8 Å². The fourth-order valence-electron chi connectivity index (χ4n) is 7.70. The molecule has 1 aliphatic carbocycles. The molecule has 7 rings (SSSR count). The molecule has 5 heterocycles. The van der Waals surface area contributed by atoms with Gasteiger partial charge in [0.05, 0.1) is 22.3 Å². The number of hydrogen-bond acceptors (Lipinski definition) is 12. The number of halogens is 1. The van der Waals surface area contributed by atoms with E-state index in [0.717, 1.165) is 96.0 Å². The Morgan fingerprint density at radius 1 is 0.855 bits per heavy atom. The number of nitrogens with zero attached hydrogens (tertiary/aromatic N) is 7. The van der Waals surface area contributed by atoms with Crippen LogP contribution in [0.2, 0.25) is 5.02 Å². The van der Waals surface area contributed by atoms with Crippen molar-refractivity contribution in [2.75, 3.05) is 55.6 Å². The lowest BCUT2D eigenvalue weighted by Gasteiger charge is -2.39. The van der Waals surface area contributed by atoms with Gasteiger partial charge in [-0.05, 0) is 87.3 Å². The summed E-state index contributed by atoms with van der Waals surface area (Å²) in [6.45, 7) is 6.35. The minimum Gasteiger partial charge on any atom is -0.490 e. The first kappa shape index (κ1) is 38.0. The highest BCUT2D eigenvalue weighted by molar-refractivity contribution is 6.31. The van der Waals surface area contributed by atoms with Gasteiger partial charge >= 0.3 is 0 Å². The summed E-state index contributed by atoms with van der Waals surface area (Å²) in [7, 11) is 0. The zero-order chi connectivity index (χ0) is 38.3. The van der Waals surface area contributed by atoms with Gasteiger partial charge in [-0.2, -0.15) is 5.26 Å². The van der Waals surface area contributed by atoms with E-state index in [1.165, 1.54) is 6.20 Å². The number of amides is 4. The van der Waals surface area contributed by atoms with Crippen LogP contribution in [0, 0.1) is 17.2 Å². The highest BCUT2D eigenvalue weighted by atomic mass is 35.5. The van der Waals surface area contributed by atoms with Gasteiger partial charge in [0.2, 0.25) is 11.8 Å². The number of imide groups is 1. The van der Waals surface area contributed by atoms with Crippen molar-refractivity contribution < 1.29 is 23.9 Å². The van der Waals surface area contributed by atoms with Crippen LogP contribution in [0.4, 0.5) is 11.6 Å². The van der Waals surface area contributed by atoms with Crippen molar-refractivity contribution in [1.29, 1.82) is 5.26 Å². The van der Waals surface area contributed by atoms with Crippen LogP contribution in [-0.4, -0.2) is 108 Å². The lowest BCUT2D eigenvalue weighted by atomic mass is 9.93. The minimum absolute atomic E-state index is 0.0263. The lowest BCUT2D eigenvalue weighted by molar-refractivity contribution is -0.134. The Hall–Kier alpha value is -5.33. The maximum Gasteiger partial charge on any atom is 0.272 e. The van der Waals surface area contributed by atoms with Gasteiger partial charge in [-0.15, -0.1) is 10.2 Å². The lowest BCUT2D eigenvalue weighted by Crippen LogP contribution is -2.52. The topological polar surface area (TPSA) is 186 Å². The van der Waals surface area contributed by atoms with Gasteiger partial charge < -0.3 is 25.2 Å². The average Bonchev–Trinajstić information content (AvgIpc) is 3.20. The van der Waals surface area contributed by atoms with E-state index in [-0.39, 0.29) is 42.7 Å². The van der Waals surface area contributed by atoms with E-state index in [9.17, 15) is 19.2 Å². The average molecular weight is 769 g/mol. The number of aromatic nitrogens is 3. The standard InChI is InChI=1S/C39H45ClN10O5/c40-31-21-30(5-1-26(31)22-41)55-29-6-3-28(4-7-29)43-39(54)33-8-11-35(47-46-33)49-15-13-25(14-16-49)24-48-17-19-50(20-18-48)34-10-2-27(23-42-34)37(52)44-32-9-12-36(51)45-38(32)53/h1-2,5,8,10-11,21,23,25,28-29,32H,3-4,6-7,9,12-20,24H2,(H,43,54)(H,44,52)(H,45,51,53). The predicted molar refractivity (Wildman–Crippen MR) is 204 cm³/mol. The molecule has 3 saturated heterocycles. The number of benzene rings is 1. The molecule has 4 amide bonds. The van der Waals surface area contributed by atoms with E-state index in [1.807, 2.05) is 12.1 Å². The molecule has 4 fully saturated rings. The fourth-order valence-corrected chi connectivity index (χ4v) is 7.91. The summed E-state index contributed by atoms with van der Waals surface area (Å²) in [5.41, 5.74) is 1.10. The largest absolute Gasteiger partial charge is 0.490 e. The zero-order valence-corrected chi connectivity index (χ0v) is 31.3. The Morgan fingerprint density at radius 2 is 1.60 bits per heavy atom. The predicted octanol–water partition coefficient (Wildman–Crippen LogP) is 3.09. The van der Waals surface area contributed by atoms with E-state index in [1.54, 1.807) is 30.3 Å². The highest BCUT2D eigenvalue weighted by Gasteiger charge is 2.29. The van der Waals surface area contributed by atoms with Gasteiger partial charge in [0.1, 0.15) is 23.7 Å². The fraction of sp³-hybridized carbons (Fsp3) is 0.487. The molecule has 1 unspecified atom stereocenters. The maximum atomic E-state index is 13.0. The number of hydrogen-bond donors (Lipinski definition) is 3. The third-order valence-corrected chi connectivity index (χ3v) is 11.3. The molecule has 4 aliphatic rings. The van der Waals surface area contributed by atoms with Crippen molar-refractivity contribution in [1.82, 2.24) is 36.0 Å². The second kappa shape index (κ2) is 17.4. The number of carbonyl (C=O) groups excluding carboxylic acids is 4. The van der Waals surface area contributed by atoms with Crippen molar-refractivity contribution in [3.05, 3.63) is 70.5 Å². The molecule has 288 valence electrons. The number of anilines is 2. The third-order valence-electron chi connectivity index (χ3n) is 11.0. The molecule has 0 spiro atoms. The number of nitriles is 1. The maximum absolute atomic E-state index is 13.0. The van der Waals surface area contributed by atoms with E-state index in [2.05, 4.69) is 51.9 Å². The van der Waals surface area contributed by atoms with Gasteiger partial charge in [-0.1, -0.05) is 11.6 Å². The summed E-state index contributed by atoms with van der Waals surface area (Å²) >= 11 is 6.14. The Balaban J connectivity index is 0.789.